The lowest BCUT2D eigenvalue weighted by Gasteiger charge is -2.27. The van der Waals surface area contributed by atoms with Gasteiger partial charge in [0.15, 0.2) is 0 Å². The first-order valence-electron chi connectivity index (χ1n) is 6.27. The van der Waals surface area contributed by atoms with Gasteiger partial charge in [-0.25, -0.2) is 0 Å². The number of halogens is 1. The summed E-state index contributed by atoms with van der Waals surface area (Å²) in [7, 11) is -9.21. The fourth-order valence-corrected chi connectivity index (χ4v) is 3.55. The van der Waals surface area contributed by atoms with E-state index in [9.17, 15) is 16.8 Å². The smallest absolute Gasteiger partial charge is 0.273 e. The molecule has 0 aliphatic carbocycles. The molecule has 8 nitrogen and oxygen atoms in total. The fourth-order valence-electron chi connectivity index (χ4n) is 2.05. The van der Waals surface area contributed by atoms with Crippen molar-refractivity contribution in [1.82, 2.24) is 9.44 Å². The van der Waals surface area contributed by atoms with Crippen molar-refractivity contribution in [2.75, 3.05) is 0 Å². The molecule has 0 saturated carbocycles. The van der Waals surface area contributed by atoms with Crippen LogP contribution in [-0.4, -0.2) is 32.0 Å². The SMILES string of the molecule is CCC[C@H](NS(=O)(=O)O)[C@@H](NS(=O)(=O)O)c1ccccc1Cl. The lowest BCUT2D eigenvalue weighted by molar-refractivity contribution is 0.384. The minimum Gasteiger partial charge on any atom is -0.273 e. The number of rotatable bonds is 8. The maximum absolute atomic E-state index is 11.2. The van der Waals surface area contributed by atoms with Crippen molar-refractivity contribution < 1.29 is 25.9 Å². The molecule has 0 aromatic heterocycles. The summed E-state index contributed by atoms with van der Waals surface area (Å²) in [5.74, 6) is 0. The van der Waals surface area contributed by atoms with Crippen LogP contribution in [0.5, 0.6) is 0 Å². The lowest BCUT2D eigenvalue weighted by Crippen LogP contribution is -2.45. The average molecular weight is 373 g/mol. The van der Waals surface area contributed by atoms with E-state index in [1.54, 1.807) is 19.1 Å². The minimum absolute atomic E-state index is 0.182. The van der Waals surface area contributed by atoms with Crippen LogP contribution in [0.15, 0.2) is 24.3 Å². The van der Waals surface area contributed by atoms with Crippen LogP contribution in [0.1, 0.15) is 31.4 Å². The molecule has 0 heterocycles. The second-order valence-corrected chi connectivity index (χ2v) is 7.36. The second-order valence-electron chi connectivity index (χ2n) is 4.58. The zero-order valence-electron chi connectivity index (χ0n) is 11.6. The van der Waals surface area contributed by atoms with Gasteiger partial charge in [0.1, 0.15) is 0 Å². The van der Waals surface area contributed by atoms with Gasteiger partial charge in [0.25, 0.3) is 0 Å². The van der Waals surface area contributed by atoms with Gasteiger partial charge in [-0.05, 0) is 18.1 Å². The van der Waals surface area contributed by atoms with Crippen LogP contribution in [0.4, 0.5) is 0 Å². The van der Waals surface area contributed by atoms with Gasteiger partial charge in [0.05, 0.1) is 6.04 Å². The Kier molecular flexibility index (Phi) is 6.74. The van der Waals surface area contributed by atoms with Gasteiger partial charge in [-0.2, -0.15) is 26.3 Å². The van der Waals surface area contributed by atoms with Gasteiger partial charge in [0.2, 0.25) is 0 Å². The van der Waals surface area contributed by atoms with E-state index in [0.717, 1.165) is 0 Å². The van der Waals surface area contributed by atoms with Crippen LogP contribution in [-0.2, 0) is 20.6 Å². The van der Waals surface area contributed by atoms with E-state index in [0.29, 0.717) is 6.42 Å². The zero-order chi connectivity index (χ0) is 17.0. The summed E-state index contributed by atoms with van der Waals surface area (Å²) in [4.78, 5) is 0. The molecule has 0 aliphatic rings. The predicted molar refractivity (Wildman–Crippen MR) is 82.3 cm³/mol. The summed E-state index contributed by atoms with van der Waals surface area (Å²) in [6.07, 6.45) is 0.680. The highest BCUT2D eigenvalue weighted by Crippen LogP contribution is 2.27. The summed E-state index contributed by atoms with van der Waals surface area (Å²) >= 11 is 6.01. The first-order valence-corrected chi connectivity index (χ1v) is 9.53. The standard InChI is InChI=1S/C11H17ClN2O6S2/c1-2-5-10(13-21(15,16)17)11(14-22(18,19)20)8-6-3-4-7-9(8)12/h3-4,6-7,10-11,13-14H,2,5H2,1H3,(H,15,16,17)(H,18,19,20)/t10-,11-/m0/s1. The molecule has 22 heavy (non-hydrogen) atoms. The van der Waals surface area contributed by atoms with E-state index < -0.39 is 32.7 Å². The Balaban J connectivity index is 3.30. The van der Waals surface area contributed by atoms with E-state index in [4.69, 9.17) is 20.7 Å². The molecular formula is C11H17ClN2O6S2. The monoisotopic (exact) mass is 372 g/mol. The maximum Gasteiger partial charge on any atom is 0.333 e. The Morgan fingerprint density at radius 2 is 1.64 bits per heavy atom. The minimum atomic E-state index is -4.63. The molecule has 1 aromatic carbocycles. The Hall–Kier alpha value is -0.750. The van der Waals surface area contributed by atoms with Gasteiger partial charge < -0.3 is 0 Å². The quantitative estimate of drug-likeness (QED) is 0.509. The average Bonchev–Trinajstić information content (AvgIpc) is 2.34. The summed E-state index contributed by atoms with van der Waals surface area (Å²) in [6, 6.07) is 3.94. The largest absolute Gasteiger partial charge is 0.333 e. The van der Waals surface area contributed by atoms with Gasteiger partial charge >= 0.3 is 20.6 Å². The Morgan fingerprint density at radius 1 is 1.09 bits per heavy atom. The van der Waals surface area contributed by atoms with Crippen LogP contribution in [0, 0.1) is 0 Å². The predicted octanol–water partition coefficient (Wildman–Crippen LogP) is 1.33. The lowest BCUT2D eigenvalue weighted by atomic mass is 9.97. The van der Waals surface area contributed by atoms with Crippen LogP contribution < -0.4 is 9.44 Å². The topological polar surface area (TPSA) is 133 Å². The van der Waals surface area contributed by atoms with Crippen molar-refractivity contribution in [2.45, 2.75) is 31.8 Å². The molecule has 0 saturated heterocycles. The van der Waals surface area contributed by atoms with E-state index in [1.165, 1.54) is 12.1 Å². The molecule has 0 aliphatic heterocycles. The maximum atomic E-state index is 11.2. The summed E-state index contributed by atoms with van der Waals surface area (Å²) in [5, 5.41) is 0.182. The molecule has 126 valence electrons. The van der Waals surface area contributed by atoms with Gasteiger partial charge in [0, 0.05) is 11.1 Å². The second kappa shape index (κ2) is 7.68. The third-order valence-corrected chi connectivity index (χ3v) is 4.32. The molecular weight excluding hydrogens is 356 g/mol. The van der Waals surface area contributed by atoms with E-state index in [1.807, 2.05) is 9.44 Å². The fraction of sp³-hybridized carbons (Fsp3) is 0.455. The van der Waals surface area contributed by atoms with Crippen LogP contribution in [0.25, 0.3) is 0 Å². The Bertz CT molecular complexity index is 707. The highest BCUT2D eigenvalue weighted by atomic mass is 35.5. The molecule has 0 bridgehead atoms. The van der Waals surface area contributed by atoms with E-state index in [2.05, 4.69) is 0 Å². The normalized spacial score (nSPS) is 15.5. The zero-order valence-corrected chi connectivity index (χ0v) is 14.0. The van der Waals surface area contributed by atoms with Crippen LogP contribution in [0.3, 0.4) is 0 Å². The third kappa shape index (κ3) is 6.57. The Morgan fingerprint density at radius 3 is 2.09 bits per heavy atom. The van der Waals surface area contributed by atoms with E-state index in [-0.39, 0.29) is 17.0 Å². The van der Waals surface area contributed by atoms with Crippen molar-refractivity contribution in [2.24, 2.45) is 0 Å². The first kappa shape index (κ1) is 19.3. The number of benzene rings is 1. The highest BCUT2D eigenvalue weighted by Gasteiger charge is 2.30. The molecule has 2 atom stereocenters. The van der Waals surface area contributed by atoms with Gasteiger partial charge in [-0.1, -0.05) is 43.1 Å². The first-order chi connectivity index (χ1) is 10.0. The van der Waals surface area contributed by atoms with E-state index >= 15 is 0 Å². The number of nitrogens with one attached hydrogen (secondary N) is 2. The van der Waals surface area contributed by atoms with Crippen molar-refractivity contribution in [3.05, 3.63) is 34.9 Å². The molecule has 11 heteroatoms. The molecule has 4 N–H and O–H groups in total. The van der Waals surface area contributed by atoms with Crippen molar-refractivity contribution in [1.29, 1.82) is 0 Å². The molecule has 0 amide bonds. The van der Waals surface area contributed by atoms with Crippen LogP contribution in [0.2, 0.25) is 5.02 Å². The highest BCUT2D eigenvalue weighted by molar-refractivity contribution is 7.84. The van der Waals surface area contributed by atoms with Gasteiger partial charge in [-0.15, -0.1) is 0 Å². The molecule has 0 fully saturated rings. The van der Waals surface area contributed by atoms with Gasteiger partial charge in [-0.3, -0.25) is 9.11 Å². The van der Waals surface area contributed by atoms with Crippen molar-refractivity contribution >= 4 is 32.2 Å². The summed E-state index contributed by atoms with van der Waals surface area (Å²) in [5.41, 5.74) is 0.261. The molecule has 0 radical (unpaired) electrons. The van der Waals surface area contributed by atoms with Crippen molar-refractivity contribution in [3.8, 4) is 0 Å². The van der Waals surface area contributed by atoms with Crippen molar-refractivity contribution in [3.63, 3.8) is 0 Å². The number of hydrogen-bond donors (Lipinski definition) is 4. The molecule has 1 rings (SSSR count). The third-order valence-electron chi connectivity index (χ3n) is 2.82. The number of hydrogen-bond acceptors (Lipinski definition) is 4. The summed E-state index contributed by atoms with van der Waals surface area (Å²) in [6.45, 7) is 1.75. The van der Waals surface area contributed by atoms with Crippen LogP contribution >= 0.6 is 11.6 Å². The molecule has 0 spiro atoms. The molecule has 0 unspecified atom stereocenters. The Labute approximate surface area is 134 Å². The summed E-state index contributed by atoms with van der Waals surface area (Å²) < 4.78 is 66.3. The molecule has 1 aromatic rings.